The Balaban J connectivity index is 2.70. The van der Waals surface area contributed by atoms with Crippen molar-refractivity contribution < 1.29 is 4.74 Å². The summed E-state index contributed by atoms with van der Waals surface area (Å²) in [5.74, 6) is 0. The third kappa shape index (κ3) is 3.80. The van der Waals surface area contributed by atoms with Crippen LogP contribution < -0.4 is 5.32 Å². The van der Waals surface area contributed by atoms with Crippen molar-refractivity contribution in [3.8, 4) is 0 Å². The quantitative estimate of drug-likeness (QED) is 0.837. The third-order valence-corrected chi connectivity index (χ3v) is 2.71. The van der Waals surface area contributed by atoms with Crippen molar-refractivity contribution in [2.45, 2.75) is 26.3 Å². The van der Waals surface area contributed by atoms with Crippen LogP contribution in [0.3, 0.4) is 0 Å². The molecular formula is C11H17BrN2O. The van der Waals surface area contributed by atoms with E-state index in [4.69, 9.17) is 4.74 Å². The molecule has 0 aromatic carbocycles. The Kier molecular flexibility index (Phi) is 5.05. The molecule has 4 heteroatoms. The molecule has 0 saturated heterocycles. The van der Waals surface area contributed by atoms with Crippen LogP contribution in [0.15, 0.2) is 16.7 Å². The van der Waals surface area contributed by atoms with Gasteiger partial charge in [-0.15, -0.1) is 0 Å². The summed E-state index contributed by atoms with van der Waals surface area (Å²) >= 11 is 3.35. The highest BCUT2D eigenvalue weighted by Crippen LogP contribution is 2.17. The zero-order valence-electron chi connectivity index (χ0n) is 9.38. The first-order valence-corrected chi connectivity index (χ1v) is 5.85. The fourth-order valence-corrected chi connectivity index (χ4v) is 1.76. The van der Waals surface area contributed by atoms with Gasteiger partial charge in [0.1, 0.15) is 4.60 Å². The van der Waals surface area contributed by atoms with Crippen LogP contribution in [-0.2, 0) is 4.74 Å². The van der Waals surface area contributed by atoms with Gasteiger partial charge in [0.2, 0.25) is 0 Å². The minimum Gasteiger partial charge on any atom is -0.383 e. The molecule has 0 radical (unpaired) electrons. The number of pyridine rings is 1. The van der Waals surface area contributed by atoms with Gasteiger partial charge in [-0.05, 0) is 41.4 Å². The second-order valence-corrected chi connectivity index (χ2v) is 4.28. The van der Waals surface area contributed by atoms with Gasteiger partial charge < -0.3 is 10.1 Å². The van der Waals surface area contributed by atoms with Crippen LogP contribution in [0, 0.1) is 6.92 Å². The van der Waals surface area contributed by atoms with Gasteiger partial charge in [-0.25, -0.2) is 4.98 Å². The summed E-state index contributed by atoms with van der Waals surface area (Å²) in [7, 11) is 1.72. The average molecular weight is 273 g/mol. The lowest BCUT2D eigenvalue weighted by atomic mass is 10.2. The number of anilines is 1. The number of nitrogens with zero attached hydrogens (tertiary/aromatic N) is 1. The molecule has 3 nitrogen and oxygen atoms in total. The lowest BCUT2D eigenvalue weighted by molar-refractivity contribution is 0.184. The summed E-state index contributed by atoms with van der Waals surface area (Å²) in [4.78, 5) is 4.33. The van der Waals surface area contributed by atoms with E-state index >= 15 is 0 Å². The largest absolute Gasteiger partial charge is 0.383 e. The van der Waals surface area contributed by atoms with Crippen LogP contribution in [0.4, 0.5) is 5.69 Å². The molecule has 0 bridgehead atoms. The van der Waals surface area contributed by atoms with E-state index in [0.717, 1.165) is 22.4 Å². The normalized spacial score (nSPS) is 12.5. The first kappa shape index (κ1) is 12.5. The molecule has 0 aliphatic carbocycles. The molecule has 1 atom stereocenters. The Hall–Kier alpha value is -0.610. The maximum absolute atomic E-state index is 5.14. The van der Waals surface area contributed by atoms with Crippen LogP contribution in [-0.4, -0.2) is 24.7 Å². The first-order valence-electron chi connectivity index (χ1n) is 5.06. The number of aromatic nitrogens is 1. The monoisotopic (exact) mass is 272 g/mol. The second-order valence-electron chi connectivity index (χ2n) is 3.47. The SMILES string of the molecule is CCC(COC)Nc1ccc(Br)nc1C. The van der Waals surface area contributed by atoms with Gasteiger partial charge in [0.25, 0.3) is 0 Å². The van der Waals surface area contributed by atoms with Crippen molar-refractivity contribution in [2.24, 2.45) is 0 Å². The number of nitrogens with one attached hydrogen (secondary N) is 1. The molecule has 1 aromatic rings. The predicted molar refractivity (Wildman–Crippen MR) is 66.3 cm³/mol. The number of aryl methyl sites for hydroxylation is 1. The zero-order chi connectivity index (χ0) is 11.3. The predicted octanol–water partition coefficient (Wildman–Crippen LogP) is 2.99. The Morgan fingerprint density at radius 1 is 1.53 bits per heavy atom. The van der Waals surface area contributed by atoms with Gasteiger partial charge in [-0.1, -0.05) is 6.92 Å². The van der Waals surface area contributed by atoms with Crippen molar-refractivity contribution in [1.82, 2.24) is 4.98 Å². The molecule has 0 saturated carbocycles. The Bertz CT molecular complexity index is 317. The fourth-order valence-electron chi connectivity index (χ4n) is 1.37. The summed E-state index contributed by atoms with van der Waals surface area (Å²) in [5, 5.41) is 3.42. The van der Waals surface area contributed by atoms with Gasteiger partial charge >= 0.3 is 0 Å². The van der Waals surface area contributed by atoms with Crippen molar-refractivity contribution in [2.75, 3.05) is 19.0 Å². The highest BCUT2D eigenvalue weighted by atomic mass is 79.9. The number of hydrogen-bond donors (Lipinski definition) is 1. The molecule has 0 fully saturated rings. The molecule has 1 aromatic heterocycles. The molecular weight excluding hydrogens is 256 g/mol. The van der Waals surface area contributed by atoms with Crippen LogP contribution in [0.25, 0.3) is 0 Å². The number of hydrogen-bond acceptors (Lipinski definition) is 3. The van der Waals surface area contributed by atoms with E-state index < -0.39 is 0 Å². The van der Waals surface area contributed by atoms with E-state index in [9.17, 15) is 0 Å². The van der Waals surface area contributed by atoms with Gasteiger partial charge in [-0.2, -0.15) is 0 Å². The summed E-state index contributed by atoms with van der Waals surface area (Å²) in [6, 6.07) is 4.32. The van der Waals surface area contributed by atoms with Crippen molar-refractivity contribution >= 4 is 21.6 Å². The summed E-state index contributed by atoms with van der Waals surface area (Å²) in [5.41, 5.74) is 2.07. The number of ether oxygens (including phenoxy) is 1. The lowest BCUT2D eigenvalue weighted by Gasteiger charge is -2.18. The smallest absolute Gasteiger partial charge is 0.106 e. The topological polar surface area (TPSA) is 34.1 Å². The standard InChI is InChI=1S/C11H17BrN2O/c1-4-9(7-15-3)14-10-5-6-11(12)13-8(10)2/h5-6,9,14H,4,7H2,1-3H3. The van der Waals surface area contributed by atoms with E-state index in [1.165, 1.54) is 0 Å². The van der Waals surface area contributed by atoms with Gasteiger partial charge in [-0.3, -0.25) is 0 Å². The molecule has 1 rings (SSSR count). The molecule has 84 valence electrons. The van der Waals surface area contributed by atoms with E-state index in [-0.39, 0.29) is 0 Å². The van der Waals surface area contributed by atoms with Gasteiger partial charge in [0, 0.05) is 13.2 Å². The maximum Gasteiger partial charge on any atom is 0.106 e. The molecule has 1 unspecified atom stereocenters. The number of halogens is 1. The van der Waals surface area contributed by atoms with Crippen LogP contribution >= 0.6 is 15.9 Å². The minimum atomic E-state index is 0.344. The molecule has 0 amide bonds. The average Bonchev–Trinajstić information content (AvgIpc) is 2.21. The van der Waals surface area contributed by atoms with Crippen LogP contribution in [0.1, 0.15) is 19.0 Å². The number of rotatable bonds is 5. The molecule has 0 aliphatic rings. The molecule has 15 heavy (non-hydrogen) atoms. The molecule has 1 N–H and O–H groups in total. The summed E-state index contributed by atoms with van der Waals surface area (Å²) < 4.78 is 6.00. The Morgan fingerprint density at radius 3 is 2.80 bits per heavy atom. The number of methoxy groups -OCH3 is 1. The molecule has 1 heterocycles. The van der Waals surface area contributed by atoms with E-state index in [0.29, 0.717) is 12.6 Å². The van der Waals surface area contributed by atoms with Crippen LogP contribution in [0.5, 0.6) is 0 Å². The van der Waals surface area contributed by atoms with Gasteiger partial charge in [0.05, 0.1) is 18.0 Å². The summed E-state index contributed by atoms with van der Waals surface area (Å²) in [6.07, 6.45) is 1.03. The van der Waals surface area contributed by atoms with E-state index in [1.807, 2.05) is 19.1 Å². The van der Waals surface area contributed by atoms with Crippen molar-refractivity contribution in [3.63, 3.8) is 0 Å². The van der Waals surface area contributed by atoms with Crippen molar-refractivity contribution in [1.29, 1.82) is 0 Å². The Labute approximate surface area is 99.4 Å². The maximum atomic E-state index is 5.14. The molecule has 0 spiro atoms. The zero-order valence-corrected chi connectivity index (χ0v) is 11.0. The Morgan fingerprint density at radius 2 is 2.27 bits per heavy atom. The van der Waals surface area contributed by atoms with Crippen molar-refractivity contribution in [3.05, 3.63) is 22.4 Å². The highest BCUT2D eigenvalue weighted by Gasteiger charge is 2.07. The molecule has 0 aliphatic heterocycles. The fraction of sp³-hybridized carbons (Fsp3) is 0.545. The highest BCUT2D eigenvalue weighted by molar-refractivity contribution is 9.10. The van der Waals surface area contributed by atoms with E-state index in [1.54, 1.807) is 7.11 Å². The van der Waals surface area contributed by atoms with Gasteiger partial charge in [0.15, 0.2) is 0 Å². The van der Waals surface area contributed by atoms with E-state index in [2.05, 4.69) is 33.2 Å². The summed E-state index contributed by atoms with van der Waals surface area (Å²) in [6.45, 7) is 4.84. The van der Waals surface area contributed by atoms with Crippen LogP contribution in [0.2, 0.25) is 0 Å². The second kappa shape index (κ2) is 6.08. The minimum absolute atomic E-state index is 0.344. The lowest BCUT2D eigenvalue weighted by Crippen LogP contribution is -2.24. The first-order chi connectivity index (χ1) is 7.17. The third-order valence-electron chi connectivity index (χ3n) is 2.27.